The van der Waals surface area contributed by atoms with Gasteiger partial charge >= 0.3 is 0 Å². The van der Waals surface area contributed by atoms with Crippen LogP contribution in [-0.2, 0) is 11.2 Å². The summed E-state index contributed by atoms with van der Waals surface area (Å²) in [6.45, 7) is 0.880. The largest absolute Gasteiger partial charge is 0.373 e. The molecule has 0 N–H and O–H groups in total. The van der Waals surface area contributed by atoms with Crippen LogP contribution in [0.15, 0.2) is 31.0 Å². The van der Waals surface area contributed by atoms with E-state index in [2.05, 4.69) is 15.1 Å². The van der Waals surface area contributed by atoms with Gasteiger partial charge in [-0.1, -0.05) is 6.07 Å². The molecule has 15 heavy (non-hydrogen) atoms. The van der Waals surface area contributed by atoms with Gasteiger partial charge in [-0.3, -0.25) is 0 Å². The first-order valence-electron chi connectivity index (χ1n) is 4.83. The standard InChI is InChI=1S/C10H10N4O/c1-2-10(14-7-11-6-13-14)12-4-8(1)3-9-5-15-9/h1-2,4,6-7,9H,3,5H2. The fourth-order valence-electron chi connectivity index (χ4n) is 1.45. The van der Waals surface area contributed by atoms with E-state index in [1.54, 1.807) is 11.0 Å². The highest BCUT2D eigenvalue weighted by atomic mass is 16.6. The third-order valence-electron chi connectivity index (χ3n) is 2.33. The van der Waals surface area contributed by atoms with Gasteiger partial charge in [-0.05, 0) is 11.6 Å². The van der Waals surface area contributed by atoms with E-state index >= 15 is 0 Å². The van der Waals surface area contributed by atoms with E-state index in [9.17, 15) is 0 Å². The number of pyridine rings is 1. The van der Waals surface area contributed by atoms with Gasteiger partial charge in [-0.25, -0.2) is 14.6 Å². The number of rotatable bonds is 3. The second kappa shape index (κ2) is 3.43. The molecule has 1 unspecified atom stereocenters. The molecule has 2 aromatic heterocycles. The van der Waals surface area contributed by atoms with Gasteiger partial charge in [-0.15, -0.1) is 0 Å². The fourth-order valence-corrected chi connectivity index (χ4v) is 1.45. The molecule has 0 aromatic carbocycles. The van der Waals surface area contributed by atoms with E-state index in [0.717, 1.165) is 18.8 Å². The molecule has 0 radical (unpaired) electrons. The molecular weight excluding hydrogens is 192 g/mol. The zero-order valence-corrected chi connectivity index (χ0v) is 8.08. The second-order valence-corrected chi connectivity index (χ2v) is 3.52. The maximum Gasteiger partial charge on any atom is 0.155 e. The molecule has 5 nitrogen and oxygen atoms in total. The van der Waals surface area contributed by atoms with Crippen molar-refractivity contribution in [3.05, 3.63) is 36.5 Å². The Morgan fingerprint density at radius 2 is 2.40 bits per heavy atom. The van der Waals surface area contributed by atoms with Gasteiger partial charge in [0.1, 0.15) is 12.7 Å². The molecular formula is C10H10N4O. The quantitative estimate of drug-likeness (QED) is 0.684. The highest BCUT2D eigenvalue weighted by Gasteiger charge is 2.22. The Bertz CT molecular complexity index is 433. The zero-order valence-electron chi connectivity index (χ0n) is 8.08. The molecule has 3 rings (SSSR count). The fraction of sp³-hybridized carbons (Fsp3) is 0.300. The molecule has 0 amide bonds. The topological polar surface area (TPSA) is 56.1 Å². The monoisotopic (exact) mass is 202 g/mol. The zero-order chi connectivity index (χ0) is 10.1. The Kier molecular flexibility index (Phi) is 1.96. The summed E-state index contributed by atoms with van der Waals surface area (Å²) in [5.41, 5.74) is 1.20. The average Bonchev–Trinajstić information content (AvgIpc) is 2.92. The third kappa shape index (κ3) is 1.87. The molecule has 1 aliphatic rings. The molecule has 3 heterocycles. The number of epoxide rings is 1. The molecule has 0 saturated carbocycles. The SMILES string of the molecule is c1ncn(-c2ccc(CC3CO3)cn2)n1. The van der Waals surface area contributed by atoms with Crippen LogP contribution >= 0.6 is 0 Å². The third-order valence-corrected chi connectivity index (χ3v) is 2.33. The van der Waals surface area contributed by atoms with E-state index in [1.165, 1.54) is 11.9 Å². The van der Waals surface area contributed by atoms with Gasteiger partial charge in [0, 0.05) is 12.6 Å². The smallest absolute Gasteiger partial charge is 0.155 e. The molecule has 1 fully saturated rings. The van der Waals surface area contributed by atoms with Crippen LogP contribution in [0.4, 0.5) is 0 Å². The second-order valence-electron chi connectivity index (χ2n) is 3.52. The van der Waals surface area contributed by atoms with Gasteiger partial charge in [0.05, 0.1) is 12.7 Å². The summed E-state index contributed by atoms with van der Waals surface area (Å²) in [5, 5.41) is 4.01. The minimum absolute atomic E-state index is 0.407. The number of hydrogen-bond acceptors (Lipinski definition) is 4. The lowest BCUT2D eigenvalue weighted by Gasteiger charge is -2.00. The van der Waals surface area contributed by atoms with Crippen LogP contribution in [0.5, 0.6) is 0 Å². The number of aromatic nitrogens is 4. The lowest BCUT2D eigenvalue weighted by atomic mass is 10.2. The van der Waals surface area contributed by atoms with Crippen LogP contribution in [-0.4, -0.2) is 32.5 Å². The Morgan fingerprint density at radius 1 is 1.47 bits per heavy atom. The van der Waals surface area contributed by atoms with Crippen molar-refractivity contribution in [1.29, 1.82) is 0 Å². The Hall–Kier alpha value is -1.75. The van der Waals surface area contributed by atoms with Gasteiger partial charge in [-0.2, -0.15) is 5.10 Å². The summed E-state index contributed by atoms with van der Waals surface area (Å²) >= 11 is 0. The van der Waals surface area contributed by atoms with Gasteiger partial charge in [0.2, 0.25) is 0 Å². The molecule has 76 valence electrons. The van der Waals surface area contributed by atoms with E-state index in [1.807, 2.05) is 18.3 Å². The summed E-state index contributed by atoms with van der Waals surface area (Å²) in [5.74, 6) is 0.785. The van der Waals surface area contributed by atoms with Crippen molar-refractivity contribution in [2.24, 2.45) is 0 Å². The predicted octanol–water partition coefficient (Wildman–Crippen LogP) is 0.604. The van der Waals surface area contributed by atoms with Crippen LogP contribution in [0, 0.1) is 0 Å². The van der Waals surface area contributed by atoms with Crippen molar-refractivity contribution in [1.82, 2.24) is 19.7 Å². The van der Waals surface area contributed by atoms with Gasteiger partial charge in [0.25, 0.3) is 0 Å². The molecule has 0 spiro atoms. The Balaban J connectivity index is 1.80. The average molecular weight is 202 g/mol. The normalized spacial score (nSPS) is 19.1. The van der Waals surface area contributed by atoms with Crippen LogP contribution < -0.4 is 0 Å². The molecule has 0 aliphatic carbocycles. The van der Waals surface area contributed by atoms with Crippen molar-refractivity contribution in [3.8, 4) is 5.82 Å². The molecule has 1 saturated heterocycles. The maximum absolute atomic E-state index is 5.16. The van der Waals surface area contributed by atoms with Gasteiger partial charge < -0.3 is 4.74 Å². The van der Waals surface area contributed by atoms with E-state index < -0.39 is 0 Å². The first kappa shape index (κ1) is 8.55. The van der Waals surface area contributed by atoms with E-state index in [0.29, 0.717) is 6.10 Å². The van der Waals surface area contributed by atoms with Crippen molar-refractivity contribution in [3.63, 3.8) is 0 Å². The molecule has 2 aromatic rings. The van der Waals surface area contributed by atoms with Crippen LogP contribution in [0.3, 0.4) is 0 Å². The van der Waals surface area contributed by atoms with Crippen molar-refractivity contribution in [2.75, 3.05) is 6.61 Å². The predicted molar refractivity (Wildman–Crippen MR) is 52.6 cm³/mol. The summed E-state index contributed by atoms with van der Waals surface area (Å²) in [4.78, 5) is 8.18. The molecule has 0 bridgehead atoms. The maximum atomic E-state index is 5.16. The summed E-state index contributed by atoms with van der Waals surface area (Å²) < 4.78 is 6.80. The summed E-state index contributed by atoms with van der Waals surface area (Å²) in [6.07, 6.45) is 6.34. The highest BCUT2D eigenvalue weighted by molar-refractivity contribution is 5.24. The molecule has 5 heteroatoms. The minimum Gasteiger partial charge on any atom is -0.373 e. The highest BCUT2D eigenvalue weighted by Crippen LogP contribution is 2.15. The first-order chi connectivity index (χ1) is 7.42. The summed E-state index contributed by atoms with van der Waals surface area (Å²) in [6, 6.07) is 3.98. The lowest BCUT2D eigenvalue weighted by molar-refractivity contribution is 0.407. The molecule has 1 atom stereocenters. The Labute approximate surface area is 86.7 Å². The van der Waals surface area contributed by atoms with Crippen LogP contribution in [0.2, 0.25) is 0 Å². The van der Waals surface area contributed by atoms with E-state index in [-0.39, 0.29) is 0 Å². The molecule has 1 aliphatic heterocycles. The van der Waals surface area contributed by atoms with Crippen LogP contribution in [0.25, 0.3) is 5.82 Å². The first-order valence-corrected chi connectivity index (χ1v) is 4.83. The number of hydrogen-bond donors (Lipinski definition) is 0. The number of nitrogens with zero attached hydrogens (tertiary/aromatic N) is 4. The summed E-state index contributed by atoms with van der Waals surface area (Å²) in [7, 11) is 0. The minimum atomic E-state index is 0.407. The van der Waals surface area contributed by atoms with Crippen molar-refractivity contribution in [2.45, 2.75) is 12.5 Å². The number of ether oxygens (including phenoxy) is 1. The lowest BCUT2D eigenvalue weighted by Crippen LogP contribution is -1.99. The Morgan fingerprint density at radius 3 is 3.00 bits per heavy atom. The van der Waals surface area contributed by atoms with Crippen molar-refractivity contribution < 1.29 is 4.74 Å². The van der Waals surface area contributed by atoms with Crippen molar-refractivity contribution >= 4 is 0 Å². The van der Waals surface area contributed by atoms with Crippen LogP contribution in [0.1, 0.15) is 5.56 Å². The van der Waals surface area contributed by atoms with E-state index in [4.69, 9.17) is 4.74 Å². The van der Waals surface area contributed by atoms with Gasteiger partial charge in [0.15, 0.2) is 5.82 Å².